The van der Waals surface area contributed by atoms with Crippen LogP contribution in [0.4, 0.5) is 0 Å². The minimum atomic E-state index is -0.0272. The average Bonchev–Trinajstić information content (AvgIpc) is 2.40. The number of pyridine rings is 1. The number of hydrogen-bond acceptors (Lipinski definition) is 1. The molecule has 19 heavy (non-hydrogen) atoms. The molecule has 1 aromatic heterocycles. The lowest BCUT2D eigenvalue weighted by molar-refractivity contribution is 1.39. The third-order valence-corrected chi connectivity index (χ3v) is 3.57. The Balaban J connectivity index is 2.29. The van der Waals surface area contributed by atoms with Crippen molar-refractivity contribution < 1.29 is 0 Å². The van der Waals surface area contributed by atoms with E-state index in [-0.39, 0.29) is 5.43 Å². The van der Waals surface area contributed by atoms with Crippen molar-refractivity contribution in [1.29, 1.82) is 0 Å². The summed E-state index contributed by atoms with van der Waals surface area (Å²) < 4.78 is 0. The van der Waals surface area contributed by atoms with Gasteiger partial charge in [0.05, 0.1) is 10.5 Å². The van der Waals surface area contributed by atoms with Gasteiger partial charge in [-0.05, 0) is 29.8 Å². The first-order valence-electron chi connectivity index (χ1n) is 5.72. The van der Waals surface area contributed by atoms with Crippen LogP contribution in [-0.2, 0) is 0 Å². The molecule has 0 saturated heterocycles. The van der Waals surface area contributed by atoms with Gasteiger partial charge in [-0.25, -0.2) is 0 Å². The molecule has 0 aliphatic rings. The number of nitrogens with one attached hydrogen (secondary N) is 1. The Kier molecular flexibility index (Phi) is 3.05. The number of H-pyrrole nitrogens is 1. The lowest BCUT2D eigenvalue weighted by atomic mass is 10.0. The van der Waals surface area contributed by atoms with E-state index in [4.69, 9.17) is 23.2 Å². The lowest BCUT2D eigenvalue weighted by Crippen LogP contribution is -2.00. The molecule has 0 fully saturated rings. The Morgan fingerprint density at radius 2 is 1.68 bits per heavy atom. The summed E-state index contributed by atoms with van der Waals surface area (Å²) in [6.45, 7) is 0. The summed E-state index contributed by atoms with van der Waals surface area (Å²) in [4.78, 5) is 14.9. The second-order valence-electron chi connectivity index (χ2n) is 4.23. The molecule has 4 heteroatoms. The second-order valence-corrected chi connectivity index (χ2v) is 5.07. The summed E-state index contributed by atoms with van der Waals surface area (Å²) in [6, 6.07) is 12.4. The van der Waals surface area contributed by atoms with Crippen molar-refractivity contribution in [1.82, 2.24) is 4.98 Å². The van der Waals surface area contributed by atoms with E-state index in [1.54, 1.807) is 30.5 Å². The maximum absolute atomic E-state index is 11.8. The minimum Gasteiger partial charge on any atom is -0.361 e. The van der Waals surface area contributed by atoms with Crippen molar-refractivity contribution in [3.8, 4) is 11.1 Å². The molecule has 0 saturated carbocycles. The Labute approximate surface area is 119 Å². The smallest absolute Gasteiger partial charge is 0.189 e. The van der Waals surface area contributed by atoms with E-state index in [0.29, 0.717) is 15.4 Å². The summed E-state index contributed by atoms with van der Waals surface area (Å²) in [5.41, 5.74) is 2.46. The van der Waals surface area contributed by atoms with E-state index in [0.717, 1.165) is 16.6 Å². The highest BCUT2D eigenvalue weighted by Gasteiger charge is 2.07. The van der Waals surface area contributed by atoms with E-state index in [1.165, 1.54) is 6.07 Å². The lowest BCUT2D eigenvalue weighted by Gasteiger charge is -2.07. The van der Waals surface area contributed by atoms with E-state index in [2.05, 4.69) is 4.98 Å². The molecule has 3 aromatic rings. The van der Waals surface area contributed by atoms with E-state index in [9.17, 15) is 4.79 Å². The molecule has 0 spiro atoms. The number of benzene rings is 2. The molecule has 0 bridgehead atoms. The molecule has 94 valence electrons. The summed E-state index contributed by atoms with van der Waals surface area (Å²) >= 11 is 12.1. The standard InChI is InChI=1S/C15H9Cl2NO/c16-10-3-1-9(2-4-10)11-7-12-14(8-13(11)17)18-6-5-15(12)19/h1-8H,(H,18,19). The van der Waals surface area contributed by atoms with Gasteiger partial charge < -0.3 is 4.98 Å². The third kappa shape index (κ3) is 2.25. The predicted octanol–water partition coefficient (Wildman–Crippen LogP) is 4.50. The quantitative estimate of drug-likeness (QED) is 0.703. The first kappa shape index (κ1) is 12.3. The Morgan fingerprint density at radius 1 is 0.947 bits per heavy atom. The highest BCUT2D eigenvalue weighted by Crippen LogP contribution is 2.31. The maximum atomic E-state index is 11.8. The van der Waals surface area contributed by atoms with Crippen molar-refractivity contribution >= 4 is 34.1 Å². The second kappa shape index (κ2) is 4.72. The third-order valence-electron chi connectivity index (χ3n) is 3.00. The molecule has 1 heterocycles. The van der Waals surface area contributed by atoms with Crippen LogP contribution in [0, 0.1) is 0 Å². The Morgan fingerprint density at radius 3 is 2.42 bits per heavy atom. The van der Waals surface area contributed by atoms with Crippen molar-refractivity contribution in [2.75, 3.05) is 0 Å². The van der Waals surface area contributed by atoms with Crippen LogP contribution in [0.25, 0.3) is 22.0 Å². The van der Waals surface area contributed by atoms with Crippen molar-refractivity contribution in [2.45, 2.75) is 0 Å². The van der Waals surface area contributed by atoms with Gasteiger partial charge in [-0.1, -0.05) is 35.3 Å². The Hall–Kier alpha value is -1.77. The zero-order chi connectivity index (χ0) is 13.4. The molecule has 0 aliphatic heterocycles. The molecular weight excluding hydrogens is 281 g/mol. The zero-order valence-electron chi connectivity index (χ0n) is 9.78. The van der Waals surface area contributed by atoms with Gasteiger partial charge >= 0.3 is 0 Å². The number of rotatable bonds is 1. The fourth-order valence-corrected chi connectivity index (χ4v) is 2.44. The summed E-state index contributed by atoms with van der Waals surface area (Å²) in [5.74, 6) is 0. The van der Waals surface area contributed by atoms with Crippen molar-refractivity contribution in [3.63, 3.8) is 0 Å². The summed E-state index contributed by atoms with van der Waals surface area (Å²) in [5, 5.41) is 1.88. The van der Waals surface area contributed by atoms with Crippen LogP contribution >= 0.6 is 23.2 Å². The summed E-state index contributed by atoms with van der Waals surface area (Å²) in [7, 11) is 0. The van der Waals surface area contributed by atoms with E-state index >= 15 is 0 Å². The molecule has 0 atom stereocenters. The molecule has 0 radical (unpaired) electrons. The molecule has 0 aliphatic carbocycles. The van der Waals surface area contributed by atoms with Crippen molar-refractivity contribution in [2.24, 2.45) is 0 Å². The Bertz CT molecular complexity index is 806. The fourth-order valence-electron chi connectivity index (χ4n) is 2.04. The van der Waals surface area contributed by atoms with E-state index in [1.807, 2.05) is 12.1 Å². The molecule has 2 aromatic carbocycles. The van der Waals surface area contributed by atoms with Crippen LogP contribution in [0.2, 0.25) is 10.0 Å². The monoisotopic (exact) mass is 289 g/mol. The van der Waals surface area contributed by atoms with Gasteiger partial charge in [0.1, 0.15) is 0 Å². The van der Waals surface area contributed by atoms with Gasteiger partial charge in [0, 0.05) is 28.2 Å². The van der Waals surface area contributed by atoms with Crippen LogP contribution in [0.15, 0.2) is 53.5 Å². The zero-order valence-corrected chi connectivity index (χ0v) is 11.3. The van der Waals surface area contributed by atoms with Crippen molar-refractivity contribution in [3.05, 3.63) is 68.9 Å². The SMILES string of the molecule is O=c1cc[nH]c2cc(Cl)c(-c3ccc(Cl)cc3)cc12. The highest BCUT2D eigenvalue weighted by molar-refractivity contribution is 6.34. The molecule has 0 unspecified atom stereocenters. The predicted molar refractivity (Wildman–Crippen MR) is 80.0 cm³/mol. The molecule has 2 nitrogen and oxygen atoms in total. The highest BCUT2D eigenvalue weighted by atomic mass is 35.5. The van der Waals surface area contributed by atoms with Gasteiger partial charge in [0.15, 0.2) is 5.43 Å². The maximum Gasteiger partial charge on any atom is 0.189 e. The first-order valence-corrected chi connectivity index (χ1v) is 6.47. The average molecular weight is 290 g/mol. The van der Waals surface area contributed by atoms with Crippen LogP contribution in [-0.4, -0.2) is 4.98 Å². The first-order chi connectivity index (χ1) is 9.15. The minimum absolute atomic E-state index is 0.0272. The number of fused-ring (bicyclic) bond motifs is 1. The largest absolute Gasteiger partial charge is 0.361 e. The van der Waals surface area contributed by atoms with Gasteiger partial charge in [0.2, 0.25) is 0 Å². The molecule has 1 N–H and O–H groups in total. The van der Waals surface area contributed by atoms with Crippen LogP contribution in [0.1, 0.15) is 0 Å². The molecular formula is C15H9Cl2NO. The number of aromatic amines is 1. The fraction of sp³-hybridized carbons (Fsp3) is 0. The molecule has 3 rings (SSSR count). The van der Waals surface area contributed by atoms with Gasteiger partial charge in [-0.2, -0.15) is 0 Å². The normalized spacial score (nSPS) is 10.8. The molecule has 0 amide bonds. The number of halogens is 2. The number of hydrogen-bond donors (Lipinski definition) is 1. The topological polar surface area (TPSA) is 32.9 Å². The number of aromatic nitrogens is 1. The summed E-state index contributed by atoms with van der Waals surface area (Å²) in [6.07, 6.45) is 1.61. The van der Waals surface area contributed by atoms with E-state index < -0.39 is 0 Å². The van der Waals surface area contributed by atoms with Crippen LogP contribution in [0.5, 0.6) is 0 Å². The van der Waals surface area contributed by atoms with Gasteiger partial charge in [0.25, 0.3) is 0 Å². The van der Waals surface area contributed by atoms with Crippen LogP contribution < -0.4 is 5.43 Å². The van der Waals surface area contributed by atoms with Gasteiger partial charge in [-0.3, -0.25) is 4.79 Å². The van der Waals surface area contributed by atoms with Gasteiger partial charge in [-0.15, -0.1) is 0 Å². The van der Waals surface area contributed by atoms with Crippen LogP contribution in [0.3, 0.4) is 0 Å².